The number of amides is 1. The highest BCUT2D eigenvalue weighted by Crippen LogP contribution is 2.15. The van der Waals surface area contributed by atoms with Gasteiger partial charge in [-0.2, -0.15) is 0 Å². The van der Waals surface area contributed by atoms with Gasteiger partial charge in [0.05, 0.1) is 24.9 Å². The second kappa shape index (κ2) is 6.61. The van der Waals surface area contributed by atoms with Gasteiger partial charge in [0.15, 0.2) is 0 Å². The summed E-state index contributed by atoms with van der Waals surface area (Å²) in [6, 6.07) is 5.20. The van der Waals surface area contributed by atoms with Crippen LogP contribution in [0.2, 0.25) is 0 Å². The van der Waals surface area contributed by atoms with Crippen LogP contribution in [0, 0.1) is 0 Å². The third-order valence-electron chi connectivity index (χ3n) is 2.59. The fourth-order valence-electron chi connectivity index (χ4n) is 1.57. The molecule has 2 aromatic rings. The normalized spacial score (nSPS) is 12.7. The summed E-state index contributed by atoms with van der Waals surface area (Å²) in [5.41, 5.74) is 0.709. The fraction of sp³-hybridized carbons (Fsp3) is 0.214. The summed E-state index contributed by atoms with van der Waals surface area (Å²) < 4.78 is 9.93. The molecule has 0 fully saturated rings. The maximum atomic E-state index is 11.5. The Labute approximate surface area is 110 Å². The number of carbonyl (C=O) groups excluding carboxylic acids is 1. The van der Waals surface area contributed by atoms with Gasteiger partial charge in [-0.25, -0.2) is 0 Å². The maximum Gasteiger partial charge on any atom is 0.244 e. The SMILES string of the molecule is O=C(/C=C/c1ccco1)NCC[C@@H](O)c1ccoc1. The smallest absolute Gasteiger partial charge is 0.244 e. The number of hydrogen-bond donors (Lipinski definition) is 2. The molecule has 0 aliphatic heterocycles. The molecule has 2 aromatic heterocycles. The second-order valence-corrected chi connectivity index (χ2v) is 4.00. The van der Waals surface area contributed by atoms with Gasteiger partial charge in [0.2, 0.25) is 5.91 Å². The zero-order valence-corrected chi connectivity index (χ0v) is 10.3. The molecule has 0 aliphatic carbocycles. The summed E-state index contributed by atoms with van der Waals surface area (Å²) >= 11 is 0. The molecule has 2 rings (SSSR count). The van der Waals surface area contributed by atoms with Crippen molar-refractivity contribution in [3.63, 3.8) is 0 Å². The Morgan fingerprint density at radius 2 is 2.32 bits per heavy atom. The molecule has 0 aliphatic rings. The van der Waals surface area contributed by atoms with Gasteiger partial charge in [-0.1, -0.05) is 0 Å². The van der Waals surface area contributed by atoms with E-state index in [0.29, 0.717) is 24.3 Å². The lowest BCUT2D eigenvalue weighted by Gasteiger charge is -2.07. The van der Waals surface area contributed by atoms with Crippen LogP contribution < -0.4 is 5.32 Å². The quantitative estimate of drug-likeness (QED) is 0.781. The predicted octanol–water partition coefficient (Wildman–Crippen LogP) is 2.13. The van der Waals surface area contributed by atoms with Gasteiger partial charge in [-0.15, -0.1) is 0 Å². The van der Waals surface area contributed by atoms with E-state index in [-0.39, 0.29) is 5.91 Å². The van der Waals surface area contributed by atoms with Crippen molar-refractivity contribution in [1.29, 1.82) is 0 Å². The van der Waals surface area contributed by atoms with Gasteiger partial charge >= 0.3 is 0 Å². The third kappa shape index (κ3) is 4.15. The Hall–Kier alpha value is -2.27. The van der Waals surface area contributed by atoms with Gasteiger partial charge in [0, 0.05) is 18.2 Å². The summed E-state index contributed by atoms with van der Waals surface area (Å²) in [4.78, 5) is 11.5. The number of aliphatic hydroxyl groups is 1. The lowest BCUT2D eigenvalue weighted by atomic mass is 10.1. The number of nitrogens with one attached hydrogen (secondary N) is 1. The highest BCUT2D eigenvalue weighted by molar-refractivity contribution is 5.91. The van der Waals surface area contributed by atoms with Crippen molar-refractivity contribution in [1.82, 2.24) is 5.32 Å². The van der Waals surface area contributed by atoms with Gasteiger partial charge in [0.1, 0.15) is 5.76 Å². The van der Waals surface area contributed by atoms with Crippen molar-refractivity contribution >= 4 is 12.0 Å². The highest BCUT2D eigenvalue weighted by atomic mass is 16.3. The van der Waals surface area contributed by atoms with Crippen molar-refractivity contribution in [3.8, 4) is 0 Å². The minimum atomic E-state index is -0.631. The first-order valence-electron chi connectivity index (χ1n) is 5.95. The van der Waals surface area contributed by atoms with E-state index >= 15 is 0 Å². The molecule has 0 unspecified atom stereocenters. The maximum absolute atomic E-state index is 11.5. The molecule has 5 nitrogen and oxygen atoms in total. The largest absolute Gasteiger partial charge is 0.472 e. The molecule has 2 N–H and O–H groups in total. The van der Waals surface area contributed by atoms with Crippen LogP contribution in [-0.2, 0) is 4.79 Å². The van der Waals surface area contributed by atoms with Crippen LogP contribution >= 0.6 is 0 Å². The van der Waals surface area contributed by atoms with Gasteiger partial charge < -0.3 is 19.3 Å². The standard InChI is InChI=1S/C14H15NO4/c16-13(11-6-9-18-10-11)5-7-15-14(17)4-3-12-2-1-8-19-12/h1-4,6,8-10,13,16H,5,7H2,(H,15,17)/b4-3+/t13-/m1/s1. The number of carbonyl (C=O) groups is 1. The van der Waals surface area contributed by atoms with Gasteiger partial charge in [-0.05, 0) is 30.7 Å². The first-order chi connectivity index (χ1) is 9.25. The Kier molecular flexibility index (Phi) is 4.58. The van der Waals surface area contributed by atoms with Crippen LogP contribution in [0.4, 0.5) is 0 Å². The van der Waals surface area contributed by atoms with E-state index in [1.165, 1.54) is 18.6 Å². The molecule has 2 heterocycles. The van der Waals surface area contributed by atoms with Crippen LogP contribution in [0.15, 0.2) is 51.9 Å². The second-order valence-electron chi connectivity index (χ2n) is 4.00. The van der Waals surface area contributed by atoms with Crippen LogP contribution in [0.25, 0.3) is 6.08 Å². The van der Waals surface area contributed by atoms with E-state index in [4.69, 9.17) is 8.83 Å². The molecule has 100 valence electrons. The molecule has 0 saturated carbocycles. The Morgan fingerprint density at radius 3 is 3.00 bits per heavy atom. The highest BCUT2D eigenvalue weighted by Gasteiger charge is 2.08. The average molecular weight is 261 g/mol. The molecular weight excluding hydrogens is 246 g/mol. The Morgan fingerprint density at radius 1 is 1.42 bits per heavy atom. The summed E-state index contributed by atoms with van der Waals surface area (Å²) in [6.07, 6.45) is 7.31. The monoisotopic (exact) mass is 261 g/mol. The number of rotatable bonds is 6. The molecule has 0 aromatic carbocycles. The first kappa shape index (κ1) is 13.2. The Bertz CT molecular complexity index is 514. The molecule has 19 heavy (non-hydrogen) atoms. The van der Waals surface area contributed by atoms with E-state index in [0.717, 1.165) is 0 Å². The molecule has 0 spiro atoms. The zero-order chi connectivity index (χ0) is 13.5. The lowest BCUT2D eigenvalue weighted by Crippen LogP contribution is -2.23. The van der Waals surface area contributed by atoms with Crippen LogP contribution in [0.3, 0.4) is 0 Å². The van der Waals surface area contributed by atoms with E-state index < -0.39 is 6.10 Å². The predicted molar refractivity (Wildman–Crippen MR) is 69.0 cm³/mol. The summed E-state index contributed by atoms with van der Waals surface area (Å²) in [7, 11) is 0. The van der Waals surface area contributed by atoms with Crippen molar-refractivity contribution in [2.75, 3.05) is 6.54 Å². The van der Waals surface area contributed by atoms with Crippen molar-refractivity contribution in [2.24, 2.45) is 0 Å². The van der Waals surface area contributed by atoms with E-state index in [1.54, 1.807) is 30.5 Å². The summed E-state index contributed by atoms with van der Waals surface area (Å²) in [5.74, 6) is 0.393. The number of furan rings is 2. The van der Waals surface area contributed by atoms with Crippen molar-refractivity contribution < 1.29 is 18.7 Å². The molecule has 0 saturated heterocycles. The lowest BCUT2D eigenvalue weighted by molar-refractivity contribution is -0.116. The van der Waals surface area contributed by atoms with Crippen LogP contribution in [-0.4, -0.2) is 17.6 Å². The number of hydrogen-bond acceptors (Lipinski definition) is 4. The molecule has 0 radical (unpaired) electrons. The average Bonchev–Trinajstić information content (AvgIpc) is 3.09. The topological polar surface area (TPSA) is 75.6 Å². The van der Waals surface area contributed by atoms with Gasteiger partial charge in [0.25, 0.3) is 0 Å². The first-order valence-corrected chi connectivity index (χ1v) is 5.95. The summed E-state index contributed by atoms with van der Waals surface area (Å²) in [6.45, 7) is 0.383. The molecular formula is C14H15NO4. The minimum absolute atomic E-state index is 0.226. The van der Waals surface area contributed by atoms with Crippen molar-refractivity contribution in [3.05, 3.63) is 54.4 Å². The molecule has 5 heteroatoms. The number of aliphatic hydroxyl groups excluding tert-OH is 1. The van der Waals surface area contributed by atoms with E-state index in [2.05, 4.69) is 5.32 Å². The van der Waals surface area contributed by atoms with Crippen molar-refractivity contribution in [2.45, 2.75) is 12.5 Å². The van der Waals surface area contributed by atoms with Gasteiger partial charge in [-0.3, -0.25) is 4.79 Å². The van der Waals surface area contributed by atoms with E-state index in [9.17, 15) is 9.90 Å². The third-order valence-corrected chi connectivity index (χ3v) is 2.59. The fourth-order valence-corrected chi connectivity index (χ4v) is 1.57. The molecule has 1 amide bonds. The molecule has 1 atom stereocenters. The Balaban J connectivity index is 1.69. The summed E-state index contributed by atoms with van der Waals surface area (Å²) in [5, 5.41) is 12.4. The van der Waals surface area contributed by atoms with Crippen LogP contribution in [0.5, 0.6) is 0 Å². The molecule has 0 bridgehead atoms. The van der Waals surface area contributed by atoms with Crippen LogP contribution in [0.1, 0.15) is 23.8 Å². The minimum Gasteiger partial charge on any atom is -0.472 e. The zero-order valence-electron chi connectivity index (χ0n) is 10.3. The van der Waals surface area contributed by atoms with E-state index in [1.807, 2.05) is 0 Å².